The van der Waals surface area contributed by atoms with Crippen molar-refractivity contribution in [3.63, 3.8) is 0 Å². The zero-order valence-electron chi connectivity index (χ0n) is 13.1. The molecule has 0 spiro atoms. The van der Waals surface area contributed by atoms with Crippen molar-refractivity contribution in [2.75, 3.05) is 0 Å². The lowest BCUT2D eigenvalue weighted by atomic mass is 10.2. The van der Waals surface area contributed by atoms with Crippen molar-refractivity contribution in [2.24, 2.45) is 3.77 Å². The summed E-state index contributed by atoms with van der Waals surface area (Å²) in [5, 5.41) is -0.176. The van der Waals surface area contributed by atoms with E-state index in [4.69, 9.17) is 0 Å². The quantitative estimate of drug-likeness (QED) is 0.846. The maximum absolute atomic E-state index is 13.4. The first kappa shape index (κ1) is 16.2. The standard InChI is InChI=1S/C17H19NO3S2/c1-13-3-7-15(8-4-13)22(19,16-11-12-16)18-23(20,21)17-9-5-14(2)6-10-17/h3-10,16H,11-12H2,1-2H3/t22-/m1/s1. The molecule has 0 saturated heterocycles. The molecule has 2 aromatic rings. The van der Waals surface area contributed by atoms with Crippen molar-refractivity contribution in [3.05, 3.63) is 59.7 Å². The summed E-state index contributed by atoms with van der Waals surface area (Å²) in [4.78, 5) is 0.588. The number of benzene rings is 2. The molecular formula is C17H19NO3S2. The lowest BCUT2D eigenvalue weighted by Crippen LogP contribution is -2.11. The van der Waals surface area contributed by atoms with E-state index in [1.807, 2.05) is 26.0 Å². The van der Waals surface area contributed by atoms with Gasteiger partial charge in [-0.3, -0.25) is 0 Å². The van der Waals surface area contributed by atoms with Gasteiger partial charge in [0, 0.05) is 10.1 Å². The number of hydrogen-bond acceptors (Lipinski definition) is 3. The van der Waals surface area contributed by atoms with Crippen LogP contribution in [0.1, 0.15) is 24.0 Å². The minimum atomic E-state index is -3.95. The van der Waals surface area contributed by atoms with E-state index in [9.17, 15) is 12.6 Å². The van der Waals surface area contributed by atoms with Gasteiger partial charge >= 0.3 is 0 Å². The van der Waals surface area contributed by atoms with Crippen LogP contribution in [0.25, 0.3) is 0 Å². The molecule has 0 unspecified atom stereocenters. The predicted molar refractivity (Wildman–Crippen MR) is 91.4 cm³/mol. The van der Waals surface area contributed by atoms with Crippen LogP contribution in [0, 0.1) is 13.8 Å². The van der Waals surface area contributed by atoms with E-state index < -0.39 is 19.8 Å². The molecule has 0 amide bonds. The van der Waals surface area contributed by atoms with Crippen LogP contribution in [-0.4, -0.2) is 17.9 Å². The van der Waals surface area contributed by atoms with Gasteiger partial charge in [0.25, 0.3) is 10.0 Å². The largest absolute Gasteiger partial charge is 0.290 e. The van der Waals surface area contributed by atoms with Crippen LogP contribution in [0.15, 0.2) is 62.1 Å². The Kier molecular flexibility index (Phi) is 4.06. The fourth-order valence-electron chi connectivity index (χ4n) is 2.32. The van der Waals surface area contributed by atoms with Crippen LogP contribution in [0.3, 0.4) is 0 Å². The number of nitrogens with zero attached hydrogens (tertiary/aromatic N) is 1. The molecule has 0 radical (unpaired) electrons. The van der Waals surface area contributed by atoms with Gasteiger partial charge in [0.1, 0.15) is 0 Å². The lowest BCUT2D eigenvalue weighted by molar-refractivity contribution is 0.598. The molecular weight excluding hydrogens is 330 g/mol. The Hall–Kier alpha value is -1.66. The molecule has 23 heavy (non-hydrogen) atoms. The van der Waals surface area contributed by atoms with Crippen LogP contribution >= 0.6 is 0 Å². The second-order valence-electron chi connectivity index (χ2n) is 5.94. The normalized spacial score (nSPS) is 17.5. The summed E-state index contributed by atoms with van der Waals surface area (Å²) in [6.45, 7) is 3.82. The third kappa shape index (κ3) is 3.33. The average Bonchev–Trinajstić information content (AvgIpc) is 3.32. The van der Waals surface area contributed by atoms with Crippen molar-refractivity contribution in [2.45, 2.75) is 41.7 Å². The van der Waals surface area contributed by atoms with Crippen LogP contribution < -0.4 is 0 Å². The molecule has 1 aliphatic carbocycles. The lowest BCUT2D eigenvalue weighted by Gasteiger charge is -2.10. The zero-order chi connectivity index (χ0) is 16.7. The van der Waals surface area contributed by atoms with Gasteiger partial charge in [-0.2, -0.15) is 8.42 Å². The molecule has 0 bridgehead atoms. The molecule has 122 valence electrons. The van der Waals surface area contributed by atoms with E-state index in [1.165, 1.54) is 12.1 Å². The molecule has 4 nitrogen and oxygen atoms in total. The molecule has 1 atom stereocenters. The number of aryl methyl sites for hydroxylation is 2. The summed E-state index contributed by atoms with van der Waals surface area (Å²) in [5.41, 5.74) is 2.00. The van der Waals surface area contributed by atoms with E-state index >= 15 is 0 Å². The van der Waals surface area contributed by atoms with Crippen molar-refractivity contribution >= 4 is 19.8 Å². The topological polar surface area (TPSA) is 63.6 Å². The molecule has 0 aromatic heterocycles. The smallest absolute Gasteiger partial charge is 0.243 e. The second-order valence-corrected chi connectivity index (χ2v) is 10.2. The van der Waals surface area contributed by atoms with Gasteiger partial charge in [-0.05, 0) is 51.0 Å². The fourth-order valence-corrected chi connectivity index (χ4v) is 6.82. The maximum atomic E-state index is 13.4. The highest BCUT2D eigenvalue weighted by molar-refractivity contribution is 8.03. The average molecular weight is 349 g/mol. The van der Waals surface area contributed by atoms with Crippen LogP contribution in [0.2, 0.25) is 0 Å². The van der Waals surface area contributed by atoms with Gasteiger partial charge in [-0.25, -0.2) is 4.21 Å². The van der Waals surface area contributed by atoms with Gasteiger partial charge in [0.15, 0.2) is 0 Å². The summed E-state index contributed by atoms with van der Waals surface area (Å²) < 4.78 is 42.4. The number of sulfonamides is 1. The molecule has 6 heteroatoms. The summed E-state index contributed by atoms with van der Waals surface area (Å²) in [5.74, 6) is 0. The number of rotatable bonds is 4. The first-order valence-corrected chi connectivity index (χ1v) is 10.5. The highest BCUT2D eigenvalue weighted by Crippen LogP contribution is 2.37. The monoisotopic (exact) mass is 349 g/mol. The molecule has 0 aliphatic heterocycles. The Morgan fingerprint density at radius 3 is 1.65 bits per heavy atom. The molecule has 3 rings (SSSR count). The number of hydrogen-bond donors (Lipinski definition) is 0. The van der Waals surface area contributed by atoms with E-state index in [-0.39, 0.29) is 10.1 Å². The SMILES string of the molecule is Cc1ccc(S(=O)(=O)N=[S@@](=O)(c2ccc(C)cc2)C2CC2)cc1. The Balaban J connectivity index is 2.14. The van der Waals surface area contributed by atoms with Gasteiger partial charge in [-0.1, -0.05) is 35.4 Å². The Morgan fingerprint density at radius 1 is 0.783 bits per heavy atom. The molecule has 1 saturated carbocycles. The summed E-state index contributed by atoms with van der Waals surface area (Å²) >= 11 is 0. The van der Waals surface area contributed by atoms with Crippen molar-refractivity contribution in [1.82, 2.24) is 0 Å². The predicted octanol–water partition coefficient (Wildman–Crippen LogP) is 3.68. The van der Waals surface area contributed by atoms with Gasteiger partial charge < -0.3 is 0 Å². The zero-order valence-corrected chi connectivity index (χ0v) is 14.7. The third-order valence-corrected chi connectivity index (χ3v) is 8.72. The molecule has 2 aromatic carbocycles. The summed E-state index contributed by atoms with van der Waals surface area (Å²) in [7, 11) is -6.92. The van der Waals surface area contributed by atoms with Gasteiger partial charge in [0.05, 0.1) is 14.6 Å². The first-order valence-electron chi connectivity index (χ1n) is 7.47. The fraction of sp³-hybridized carbons (Fsp3) is 0.294. The van der Waals surface area contributed by atoms with Crippen molar-refractivity contribution < 1.29 is 12.6 Å². The first-order chi connectivity index (χ1) is 10.8. The van der Waals surface area contributed by atoms with Gasteiger partial charge in [-0.15, -0.1) is 3.77 Å². The van der Waals surface area contributed by atoms with Crippen LogP contribution in [0.5, 0.6) is 0 Å². The second kappa shape index (κ2) is 5.76. The van der Waals surface area contributed by atoms with E-state index in [2.05, 4.69) is 3.77 Å². The Morgan fingerprint density at radius 2 is 1.22 bits per heavy atom. The Labute approximate surface area is 137 Å². The van der Waals surface area contributed by atoms with Crippen LogP contribution in [0.4, 0.5) is 0 Å². The van der Waals surface area contributed by atoms with E-state index in [1.54, 1.807) is 24.3 Å². The third-order valence-electron chi connectivity index (χ3n) is 3.86. The maximum Gasteiger partial charge on any atom is 0.290 e. The highest BCUT2D eigenvalue weighted by atomic mass is 32.3. The minimum absolute atomic E-state index is 0.0867. The summed E-state index contributed by atoms with van der Waals surface area (Å²) in [6.07, 6.45) is 1.50. The van der Waals surface area contributed by atoms with E-state index in [0.717, 1.165) is 24.0 Å². The highest BCUT2D eigenvalue weighted by Gasteiger charge is 2.37. The molecule has 1 aliphatic rings. The Bertz CT molecular complexity index is 932. The van der Waals surface area contributed by atoms with Crippen molar-refractivity contribution in [3.8, 4) is 0 Å². The minimum Gasteiger partial charge on any atom is -0.243 e. The van der Waals surface area contributed by atoms with Crippen LogP contribution in [-0.2, 0) is 19.8 Å². The molecule has 0 N–H and O–H groups in total. The summed E-state index contributed by atoms with van der Waals surface area (Å²) in [6, 6.07) is 13.6. The molecule has 0 heterocycles. The van der Waals surface area contributed by atoms with Gasteiger partial charge in [0.2, 0.25) is 0 Å². The molecule has 1 fully saturated rings. The van der Waals surface area contributed by atoms with E-state index in [0.29, 0.717) is 4.90 Å². The van der Waals surface area contributed by atoms with Crippen molar-refractivity contribution in [1.29, 1.82) is 0 Å².